The van der Waals surface area contributed by atoms with Crippen LogP contribution in [0.5, 0.6) is 0 Å². The van der Waals surface area contributed by atoms with Gasteiger partial charge in [0.1, 0.15) is 5.76 Å². The highest BCUT2D eigenvalue weighted by molar-refractivity contribution is 5.91. The maximum atomic E-state index is 13.1. The first-order chi connectivity index (χ1) is 14.7. The number of carbonyl (C=O) groups is 1. The number of aryl methyl sites for hydroxylation is 3. The monoisotopic (exact) mass is 431 g/mol. The van der Waals surface area contributed by atoms with Gasteiger partial charge >= 0.3 is 6.18 Å². The van der Waals surface area contributed by atoms with Gasteiger partial charge in [0.05, 0.1) is 35.1 Å². The van der Waals surface area contributed by atoms with Crippen molar-refractivity contribution in [2.45, 2.75) is 39.5 Å². The molecular weight excluding hydrogens is 411 g/mol. The molecule has 3 heterocycles. The lowest BCUT2D eigenvalue weighted by Gasteiger charge is -2.10. The zero-order chi connectivity index (χ0) is 22.2. The lowest BCUT2D eigenvalue weighted by Crippen LogP contribution is -2.18. The highest BCUT2D eigenvalue weighted by atomic mass is 19.4. The van der Waals surface area contributed by atoms with E-state index in [-0.39, 0.29) is 30.3 Å². The molecule has 0 spiro atoms. The molecule has 3 aromatic heterocycles. The Morgan fingerprint density at radius 1 is 1.19 bits per heavy atom. The minimum Gasteiger partial charge on any atom is -0.467 e. The number of nitrogens with zero attached hydrogens (tertiary/aromatic N) is 4. The van der Waals surface area contributed by atoms with Crippen LogP contribution in [-0.2, 0) is 24.1 Å². The van der Waals surface area contributed by atoms with E-state index in [0.29, 0.717) is 17.8 Å². The van der Waals surface area contributed by atoms with Crippen LogP contribution in [0.25, 0.3) is 11.0 Å². The van der Waals surface area contributed by atoms with Crippen molar-refractivity contribution in [1.82, 2.24) is 19.3 Å². The summed E-state index contributed by atoms with van der Waals surface area (Å²) < 4.78 is 48.0. The summed E-state index contributed by atoms with van der Waals surface area (Å²) in [6.45, 7) is 4.36. The van der Waals surface area contributed by atoms with Gasteiger partial charge in [0.15, 0.2) is 0 Å². The lowest BCUT2D eigenvalue weighted by atomic mass is 10.2. The number of carbonyl (C=O) groups excluding carboxylic acids is 1. The van der Waals surface area contributed by atoms with Crippen molar-refractivity contribution < 1.29 is 22.4 Å². The van der Waals surface area contributed by atoms with Gasteiger partial charge in [-0.3, -0.25) is 14.8 Å². The maximum absolute atomic E-state index is 13.1. The second kappa shape index (κ2) is 7.93. The minimum atomic E-state index is -4.48. The SMILES string of the molecule is Cc1cc(C)n(CCC(=O)Nc2nc3cc(C(F)(F)F)ccc3n2Cc2ccco2)n1. The second-order valence-electron chi connectivity index (χ2n) is 7.25. The van der Waals surface area contributed by atoms with E-state index in [1.54, 1.807) is 21.4 Å². The van der Waals surface area contributed by atoms with Gasteiger partial charge in [-0.25, -0.2) is 4.98 Å². The van der Waals surface area contributed by atoms with E-state index in [1.165, 1.54) is 12.3 Å². The number of fused-ring (bicyclic) bond motifs is 1. The predicted molar refractivity (Wildman–Crippen MR) is 107 cm³/mol. The van der Waals surface area contributed by atoms with Crippen molar-refractivity contribution in [3.63, 3.8) is 0 Å². The molecule has 31 heavy (non-hydrogen) atoms. The van der Waals surface area contributed by atoms with Crippen molar-refractivity contribution in [1.29, 1.82) is 0 Å². The Balaban J connectivity index is 1.61. The van der Waals surface area contributed by atoms with Gasteiger partial charge in [-0.15, -0.1) is 0 Å². The van der Waals surface area contributed by atoms with Crippen LogP contribution in [0.4, 0.5) is 19.1 Å². The molecule has 0 radical (unpaired) electrons. The zero-order valence-electron chi connectivity index (χ0n) is 16.9. The molecule has 7 nitrogen and oxygen atoms in total. The summed E-state index contributed by atoms with van der Waals surface area (Å²) in [5, 5.41) is 7.04. The van der Waals surface area contributed by atoms with Gasteiger partial charge in [-0.1, -0.05) is 0 Å². The summed E-state index contributed by atoms with van der Waals surface area (Å²) in [6, 6.07) is 8.68. The summed E-state index contributed by atoms with van der Waals surface area (Å²) >= 11 is 0. The molecule has 10 heteroatoms. The first-order valence-electron chi connectivity index (χ1n) is 9.61. The standard InChI is InChI=1S/C21H20F3N5O2/c1-13-10-14(2)29(27-13)8-7-19(30)26-20-25-17-11-15(21(22,23)24)5-6-18(17)28(20)12-16-4-3-9-31-16/h3-6,9-11H,7-8,12H2,1-2H3,(H,25,26,30). The van der Waals surface area contributed by atoms with Crippen LogP contribution in [0.3, 0.4) is 0 Å². The molecule has 0 atom stereocenters. The van der Waals surface area contributed by atoms with E-state index in [9.17, 15) is 18.0 Å². The van der Waals surface area contributed by atoms with Crippen LogP contribution in [0, 0.1) is 13.8 Å². The maximum Gasteiger partial charge on any atom is 0.416 e. The Morgan fingerprint density at radius 2 is 2.00 bits per heavy atom. The Bertz CT molecular complexity index is 1220. The van der Waals surface area contributed by atoms with Crippen LogP contribution in [0.15, 0.2) is 47.1 Å². The smallest absolute Gasteiger partial charge is 0.416 e. The number of hydrogen-bond donors (Lipinski definition) is 1. The minimum absolute atomic E-state index is 0.134. The summed E-state index contributed by atoms with van der Waals surface area (Å²) in [6.07, 6.45) is -2.84. The number of imidazole rings is 1. The number of benzene rings is 1. The molecule has 0 aliphatic carbocycles. The number of rotatable bonds is 6. The Labute approximate surface area is 175 Å². The van der Waals surface area contributed by atoms with Crippen LogP contribution >= 0.6 is 0 Å². The normalized spacial score (nSPS) is 11.9. The third kappa shape index (κ3) is 4.47. The fraction of sp³-hybridized carbons (Fsp3) is 0.286. The Morgan fingerprint density at radius 3 is 2.65 bits per heavy atom. The molecule has 1 N–H and O–H groups in total. The molecule has 0 saturated heterocycles. The fourth-order valence-corrected chi connectivity index (χ4v) is 3.42. The van der Waals surface area contributed by atoms with Crippen LogP contribution in [0.2, 0.25) is 0 Å². The molecule has 4 rings (SSSR count). The van der Waals surface area contributed by atoms with Gasteiger partial charge in [-0.2, -0.15) is 18.3 Å². The number of hydrogen-bond acceptors (Lipinski definition) is 4. The average molecular weight is 431 g/mol. The lowest BCUT2D eigenvalue weighted by molar-refractivity contribution is -0.137. The number of amides is 1. The van der Waals surface area contributed by atoms with E-state index in [1.807, 2.05) is 19.9 Å². The van der Waals surface area contributed by atoms with Crippen LogP contribution < -0.4 is 5.32 Å². The molecule has 4 aromatic rings. The van der Waals surface area contributed by atoms with E-state index in [4.69, 9.17) is 4.42 Å². The average Bonchev–Trinajstić information content (AvgIpc) is 3.40. The molecule has 0 fully saturated rings. The largest absolute Gasteiger partial charge is 0.467 e. The first-order valence-corrected chi connectivity index (χ1v) is 9.61. The van der Waals surface area contributed by atoms with Gasteiger partial charge in [0, 0.05) is 18.7 Å². The second-order valence-corrected chi connectivity index (χ2v) is 7.25. The first kappa shape index (κ1) is 20.7. The number of alkyl halides is 3. The van der Waals surface area contributed by atoms with Crippen molar-refractivity contribution >= 4 is 22.9 Å². The van der Waals surface area contributed by atoms with E-state index < -0.39 is 11.7 Å². The van der Waals surface area contributed by atoms with E-state index in [0.717, 1.165) is 23.5 Å². The molecule has 0 unspecified atom stereocenters. The Kier molecular flexibility index (Phi) is 5.30. The summed E-state index contributed by atoms with van der Waals surface area (Å²) in [7, 11) is 0. The molecule has 0 aliphatic heterocycles. The van der Waals surface area contributed by atoms with Crippen LogP contribution in [0.1, 0.15) is 29.1 Å². The predicted octanol–water partition coefficient (Wildman–Crippen LogP) is 4.54. The molecule has 1 amide bonds. The number of nitrogens with one attached hydrogen (secondary N) is 1. The number of aromatic nitrogens is 4. The van der Waals surface area contributed by atoms with Crippen LogP contribution in [-0.4, -0.2) is 25.2 Å². The van der Waals surface area contributed by atoms with Crippen molar-refractivity contribution in [2.24, 2.45) is 0 Å². The molecular formula is C21H20F3N5O2. The quantitative estimate of drug-likeness (QED) is 0.486. The van der Waals surface area contributed by atoms with E-state index >= 15 is 0 Å². The third-order valence-electron chi connectivity index (χ3n) is 4.87. The van der Waals surface area contributed by atoms with Gasteiger partial charge in [0.2, 0.25) is 11.9 Å². The summed E-state index contributed by atoms with van der Waals surface area (Å²) in [5.41, 5.74) is 1.59. The molecule has 0 saturated carbocycles. The van der Waals surface area contributed by atoms with Gasteiger partial charge < -0.3 is 8.98 Å². The number of halogens is 3. The molecule has 1 aromatic carbocycles. The highest BCUT2D eigenvalue weighted by Crippen LogP contribution is 2.32. The molecule has 0 bridgehead atoms. The highest BCUT2D eigenvalue weighted by Gasteiger charge is 2.31. The Hall–Kier alpha value is -3.56. The van der Waals surface area contributed by atoms with Gasteiger partial charge in [0.25, 0.3) is 0 Å². The summed E-state index contributed by atoms with van der Waals surface area (Å²) in [5.74, 6) is 0.418. The van der Waals surface area contributed by atoms with E-state index in [2.05, 4.69) is 15.4 Å². The summed E-state index contributed by atoms with van der Waals surface area (Å²) in [4.78, 5) is 16.8. The number of anilines is 1. The zero-order valence-corrected chi connectivity index (χ0v) is 16.9. The molecule has 162 valence electrons. The van der Waals surface area contributed by atoms with Crippen molar-refractivity contribution in [2.75, 3.05) is 5.32 Å². The van der Waals surface area contributed by atoms with Gasteiger partial charge in [-0.05, 0) is 50.2 Å². The third-order valence-corrected chi connectivity index (χ3v) is 4.87. The van der Waals surface area contributed by atoms with Crippen molar-refractivity contribution in [3.8, 4) is 0 Å². The fourth-order valence-electron chi connectivity index (χ4n) is 3.42. The topological polar surface area (TPSA) is 77.9 Å². The van der Waals surface area contributed by atoms with Crippen molar-refractivity contribution in [3.05, 3.63) is 65.4 Å². The number of furan rings is 1. The molecule has 0 aliphatic rings.